The Morgan fingerprint density at radius 3 is 2.41 bits per heavy atom. The van der Waals surface area contributed by atoms with Gasteiger partial charge in [-0.25, -0.2) is 0 Å². The van der Waals surface area contributed by atoms with Crippen molar-refractivity contribution in [3.63, 3.8) is 0 Å². The number of carbonyl (C=O) groups is 1. The maximum Gasteiger partial charge on any atom is 0.258 e. The molecule has 0 radical (unpaired) electrons. The Kier molecular flexibility index (Phi) is 7.39. The van der Waals surface area contributed by atoms with Crippen LogP contribution in [0, 0.1) is 0 Å². The Labute approximate surface area is 173 Å². The third kappa shape index (κ3) is 5.66. The number of amides is 1. The molecule has 0 spiro atoms. The molecule has 5 heteroatoms. The van der Waals surface area contributed by atoms with Crippen LogP contribution >= 0.6 is 0 Å². The van der Waals surface area contributed by atoms with Crippen LogP contribution in [0.3, 0.4) is 0 Å². The zero-order valence-electron chi connectivity index (χ0n) is 17.6. The van der Waals surface area contributed by atoms with Gasteiger partial charge in [-0.1, -0.05) is 12.1 Å². The number of ether oxygens (including phenoxy) is 3. The quantitative estimate of drug-likeness (QED) is 0.671. The molecule has 156 valence electrons. The molecule has 0 saturated heterocycles. The van der Waals surface area contributed by atoms with Gasteiger partial charge in [0, 0.05) is 0 Å². The summed E-state index contributed by atoms with van der Waals surface area (Å²) in [7, 11) is 0. The Morgan fingerprint density at radius 2 is 1.66 bits per heavy atom. The van der Waals surface area contributed by atoms with Gasteiger partial charge in [0.05, 0.1) is 19.3 Å². The second kappa shape index (κ2) is 10.2. The van der Waals surface area contributed by atoms with Crippen molar-refractivity contribution in [2.24, 2.45) is 0 Å². The lowest BCUT2D eigenvalue weighted by atomic mass is 9.92. The maximum absolute atomic E-state index is 12.4. The van der Waals surface area contributed by atoms with E-state index in [1.807, 2.05) is 45.0 Å². The molecule has 1 aliphatic carbocycles. The molecule has 5 nitrogen and oxygen atoms in total. The van der Waals surface area contributed by atoms with Gasteiger partial charge in [-0.3, -0.25) is 4.79 Å². The average Bonchev–Trinajstić information content (AvgIpc) is 2.73. The van der Waals surface area contributed by atoms with Crippen molar-refractivity contribution in [2.75, 3.05) is 19.8 Å². The summed E-state index contributed by atoms with van der Waals surface area (Å²) in [5.74, 6) is 2.01. The average molecular weight is 398 g/mol. The lowest BCUT2D eigenvalue weighted by Crippen LogP contribution is -2.31. The number of rotatable bonds is 9. The van der Waals surface area contributed by atoms with Crippen LogP contribution in [-0.4, -0.2) is 25.7 Å². The predicted molar refractivity (Wildman–Crippen MR) is 114 cm³/mol. The first kappa shape index (κ1) is 21.0. The van der Waals surface area contributed by atoms with E-state index in [1.54, 1.807) is 0 Å². The Balaban J connectivity index is 1.56. The minimum atomic E-state index is -0.162. The highest BCUT2D eigenvalue weighted by atomic mass is 16.5. The molecule has 1 aliphatic rings. The van der Waals surface area contributed by atoms with Gasteiger partial charge in [-0.2, -0.15) is 0 Å². The monoisotopic (exact) mass is 397 g/mol. The highest BCUT2D eigenvalue weighted by Gasteiger charge is 2.15. The summed E-state index contributed by atoms with van der Waals surface area (Å²) >= 11 is 0. The van der Waals surface area contributed by atoms with Crippen molar-refractivity contribution in [3.05, 3.63) is 53.1 Å². The summed E-state index contributed by atoms with van der Waals surface area (Å²) < 4.78 is 17.0. The zero-order valence-corrected chi connectivity index (χ0v) is 17.6. The molecule has 1 amide bonds. The maximum atomic E-state index is 12.4. The van der Waals surface area contributed by atoms with Crippen LogP contribution in [0.2, 0.25) is 0 Å². The fraction of sp³-hybridized carbons (Fsp3) is 0.458. The molecule has 29 heavy (non-hydrogen) atoms. The van der Waals surface area contributed by atoms with Crippen LogP contribution in [0.5, 0.6) is 17.2 Å². The normalized spacial score (nSPS) is 13.9. The van der Waals surface area contributed by atoms with E-state index in [0.717, 1.165) is 24.2 Å². The lowest BCUT2D eigenvalue weighted by molar-refractivity contribution is -0.123. The molecular weight excluding hydrogens is 366 g/mol. The van der Waals surface area contributed by atoms with E-state index >= 15 is 0 Å². The van der Waals surface area contributed by atoms with E-state index in [2.05, 4.69) is 17.4 Å². The molecule has 2 aromatic rings. The SMILES string of the molecule is CCOc1ccc([C@@H](C)NC(=O)COc2ccc3c(c2)CCCC3)cc1OCC. The van der Waals surface area contributed by atoms with Crippen LogP contribution in [0.1, 0.15) is 56.3 Å². The molecule has 0 bridgehead atoms. The van der Waals surface area contributed by atoms with E-state index in [4.69, 9.17) is 14.2 Å². The van der Waals surface area contributed by atoms with E-state index in [0.29, 0.717) is 24.7 Å². The second-order valence-corrected chi connectivity index (χ2v) is 7.29. The fourth-order valence-electron chi connectivity index (χ4n) is 3.65. The third-order valence-electron chi connectivity index (χ3n) is 5.13. The van der Waals surface area contributed by atoms with Gasteiger partial charge in [0.15, 0.2) is 18.1 Å². The molecule has 0 aromatic heterocycles. The van der Waals surface area contributed by atoms with Gasteiger partial charge in [0.2, 0.25) is 0 Å². The summed E-state index contributed by atoms with van der Waals surface area (Å²) in [5, 5.41) is 2.99. The van der Waals surface area contributed by atoms with Crippen molar-refractivity contribution < 1.29 is 19.0 Å². The number of fused-ring (bicyclic) bond motifs is 1. The summed E-state index contributed by atoms with van der Waals surface area (Å²) in [6.45, 7) is 6.95. The molecule has 0 aliphatic heterocycles. The summed E-state index contributed by atoms with van der Waals surface area (Å²) in [4.78, 5) is 12.4. The minimum absolute atomic E-state index is 0.00151. The van der Waals surface area contributed by atoms with Crippen LogP contribution in [0.4, 0.5) is 0 Å². The standard InChI is InChI=1S/C24H31NO4/c1-4-27-22-13-11-19(15-23(22)28-5-2)17(3)25-24(26)16-29-21-12-10-18-8-6-7-9-20(18)14-21/h10-15,17H,4-9,16H2,1-3H3,(H,25,26)/t17-/m1/s1. The van der Waals surface area contributed by atoms with E-state index in [9.17, 15) is 4.79 Å². The largest absolute Gasteiger partial charge is 0.490 e. The first-order valence-corrected chi connectivity index (χ1v) is 10.5. The van der Waals surface area contributed by atoms with Crippen molar-refractivity contribution in [2.45, 2.75) is 52.5 Å². The number of nitrogens with one attached hydrogen (secondary N) is 1. The van der Waals surface area contributed by atoms with Gasteiger partial charge >= 0.3 is 0 Å². The highest BCUT2D eigenvalue weighted by molar-refractivity contribution is 5.78. The third-order valence-corrected chi connectivity index (χ3v) is 5.13. The van der Waals surface area contributed by atoms with Crippen molar-refractivity contribution in [3.8, 4) is 17.2 Å². The van der Waals surface area contributed by atoms with Gasteiger partial charge in [-0.05, 0) is 87.4 Å². The van der Waals surface area contributed by atoms with Crippen molar-refractivity contribution >= 4 is 5.91 Å². The lowest BCUT2D eigenvalue weighted by Gasteiger charge is -2.18. The Bertz CT molecular complexity index is 834. The Morgan fingerprint density at radius 1 is 0.931 bits per heavy atom. The number of hydrogen-bond acceptors (Lipinski definition) is 4. The van der Waals surface area contributed by atoms with Gasteiger partial charge in [-0.15, -0.1) is 0 Å². The smallest absolute Gasteiger partial charge is 0.258 e. The molecule has 1 atom stereocenters. The van der Waals surface area contributed by atoms with E-state index in [-0.39, 0.29) is 18.6 Å². The molecule has 2 aromatic carbocycles. The van der Waals surface area contributed by atoms with Crippen LogP contribution in [0.15, 0.2) is 36.4 Å². The molecule has 0 saturated carbocycles. The fourth-order valence-corrected chi connectivity index (χ4v) is 3.65. The van der Waals surface area contributed by atoms with Gasteiger partial charge < -0.3 is 19.5 Å². The number of benzene rings is 2. The highest BCUT2D eigenvalue weighted by Crippen LogP contribution is 2.31. The van der Waals surface area contributed by atoms with Crippen LogP contribution < -0.4 is 19.5 Å². The molecular formula is C24H31NO4. The van der Waals surface area contributed by atoms with Crippen molar-refractivity contribution in [1.29, 1.82) is 0 Å². The minimum Gasteiger partial charge on any atom is -0.490 e. The first-order valence-electron chi connectivity index (χ1n) is 10.5. The number of carbonyl (C=O) groups excluding carboxylic acids is 1. The first-order chi connectivity index (χ1) is 14.1. The second-order valence-electron chi connectivity index (χ2n) is 7.29. The molecule has 1 N–H and O–H groups in total. The molecule has 0 fully saturated rings. The van der Waals surface area contributed by atoms with Crippen LogP contribution in [0.25, 0.3) is 0 Å². The van der Waals surface area contributed by atoms with Crippen molar-refractivity contribution in [1.82, 2.24) is 5.32 Å². The van der Waals surface area contributed by atoms with E-state index < -0.39 is 0 Å². The molecule has 0 unspecified atom stereocenters. The summed E-state index contributed by atoms with van der Waals surface area (Å²) in [6, 6.07) is 11.8. The topological polar surface area (TPSA) is 56.8 Å². The summed E-state index contributed by atoms with van der Waals surface area (Å²) in [5.41, 5.74) is 3.71. The number of hydrogen-bond donors (Lipinski definition) is 1. The van der Waals surface area contributed by atoms with Gasteiger partial charge in [0.25, 0.3) is 5.91 Å². The van der Waals surface area contributed by atoms with Crippen LogP contribution in [-0.2, 0) is 17.6 Å². The molecule has 3 rings (SSSR count). The summed E-state index contributed by atoms with van der Waals surface area (Å²) in [6.07, 6.45) is 4.71. The predicted octanol–water partition coefficient (Wildman–Crippen LogP) is 4.62. The number of aryl methyl sites for hydroxylation is 2. The van der Waals surface area contributed by atoms with E-state index in [1.165, 1.54) is 24.0 Å². The van der Waals surface area contributed by atoms with Gasteiger partial charge in [0.1, 0.15) is 5.75 Å². The Hall–Kier alpha value is -2.69. The zero-order chi connectivity index (χ0) is 20.6. The molecule has 0 heterocycles.